The van der Waals surface area contributed by atoms with Crippen molar-refractivity contribution in [3.63, 3.8) is 0 Å². The van der Waals surface area contributed by atoms with Gasteiger partial charge in [-0.15, -0.1) is 0 Å². The molecule has 3 amide bonds. The lowest BCUT2D eigenvalue weighted by molar-refractivity contribution is -0.120. The highest BCUT2D eigenvalue weighted by Crippen LogP contribution is 2.32. The summed E-state index contributed by atoms with van der Waals surface area (Å²) < 4.78 is 0. The van der Waals surface area contributed by atoms with Gasteiger partial charge in [0.1, 0.15) is 23.0 Å². The van der Waals surface area contributed by atoms with Crippen LogP contribution in [0.1, 0.15) is 78.2 Å². The summed E-state index contributed by atoms with van der Waals surface area (Å²) in [6.45, 7) is 4.95. The van der Waals surface area contributed by atoms with Gasteiger partial charge in [-0.2, -0.15) is 5.26 Å². The van der Waals surface area contributed by atoms with Gasteiger partial charge in [0.25, 0.3) is 11.8 Å². The molecule has 0 radical (unpaired) electrons. The molecule has 1 unspecified atom stereocenters. The second kappa shape index (κ2) is 18.4. The molecule has 6 N–H and O–H groups in total. The number of nitrogens with one attached hydrogen (secondary N) is 3. The van der Waals surface area contributed by atoms with Gasteiger partial charge in [0.15, 0.2) is 5.78 Å². The third kappa shape index (κ3) is 10.5. The van der Waals surface area contributed by atoms with Crippen LogP contribution in [0.15, 0.2) is 97.1 Å². The van der Waals surface area contributed by atoms with E-state index in [1.165, 1.54) is 36.4 Å². The van der Waals surface area contributed by atoms with Crippen LogP contribution >= 0.6 is 0 Å². The number of Topliss-reactive ketones (excluding diaryl/α,β-unsaturated/α-hetero) is 2. The fraction of sp³-hybridized carbons (Fsp3) is 0.200. The summed E-state index contributed by atoms with van der Waals surface area (Å²) >= 11 is 0. The lowest BCUT2D eigenvalue weighted by Crippen LogP contribution is -2.25. The van der Waals surface area contributed by atoms with Crippen molar-refractivity contribution >= 4 is 46.4 Å². The minimum absolute atomic E-state index is 0.0256. The summed E-state index contributed by atoms with van der Waals surface area (Å²) in [6, 6.07) is 27.4. The van der Waals surface area contributed by atoms with Crippen LogP contribution in [0.5, 0.6) is 17.2 Å². The molecule has 12 nitrogen and oxygen atoms in total. The maximum absolute atomic E-state index is 13.2. The summed E-state index contributed by atoms with van der Waals surface area (Å²) in [4.78, 5) is 64.9. The number of benzene rings is 5. The highest BCUT2D eigenvalue weighted by molar-refractivity contribution is 6.09. The summed E-state index contributed by atoms with van der Waals surface area (Å²) in [7, 11) is 0. The summed E-state index contributed by atoms with van der Waals surface area (Å²) in [5.74, 6) is -3.01. The van der Waals surface area contributed by atoms with Crippen LogP contribution < -0.4 is 16.0 Å². The zero-order valence-electron chi connectivity index (χ0n) is 31.7. The zero-order chi connectivity index (χ0) is 41.2. The maximum Gasteiger partial charge on any atom is 0.259 e. The quantitative estimate of drug-likeness (QED) is 0.0576. The van der Waals surface area contributed by atoms with E-state index in [9.17, 15) is 44.6 Å². The number of amides is 3. The Morgan fingerprint density at radius 2 is 1.23 bits per heavy atom. The standard InChI is InChI=1S/C45H42N4O8/c1-26-4-20-38(27(2)41(26)53)49-45(57)37-19-21-39(28(3)42(37)54)48-43(55)32-12-14-34(15-13-32)47-44(56)33(22-23-46)25-40(52)31-10-5-30(6-11-31)24-36(51)18-9-29-7-16-35(50)17-8-29/h4-8,10-17,19-21,33,50,53-54H,9,18,22,24-25H2,1-3H3,(H,47,56)(H,48,55)(H,49,57). The molecule has 0 aliphatic heterocycles. The normalized spacial score (nSPS) is 11.2. The van der Waals surface area contributed by atoms with Gasteiger partial charge < -0.3 is 31.3 Å². The first kappa shape index (κ1) is 40.9. The van der Waals surface area contributed by atoms with Crippen molar-refractivity contribution < 1.29 is 39.3 Å². The van der Waals surface area contributed by atoms with Gasteiger partial charge in [-0.3, -0.25) is 24.0 Å². The molecule has 0 fully saturated rings. The fourth-order valence-electron chi connectivity index (χ4n) is 6.10. The average Bonchev–Trinajstić information content (AvgIpc) is 3.20. The Hall–Kier alpha value is -7.26. The molecule has 5 rings (SSSR count). The van der Waals surface area contributed by atoms with E-state index in [1.54, 1.807) is 81.4 Å². The Morgan fingerprint density at radius 3 is 1.88 bits per heavy atom. The van der Waals surface area contributed by atoms with Crippen LogP contribution in [-0.4, -0.2) is 44.6 Å². The first-order valence-corrected chi connectivity index (χ1v) is 18.2. The number of anilines is 3. The van der Waals surface area contributed by atoms with Crippen molar-refractivity contribution in [2.45, 2.75) is 52.9 Å². The highest BCUT2D eigenvalue weighted by Gasteiger charge is 2.24. The van der Waals surface area contributed by atoms with Gasteiger partial charge in [0.05, 0.1) is 17.6 Å². The van der Waals surface area contributed by atoms with Gasteiger partial charge in [-0.05, 0) is 98.5 Å². The molecule has 12 heteroatoms. The first-order valence-electron chi connectivity index (χ1n) is 18.2. The Kier molecular flexibility index (Phi) is 13.2. The van der Waals surface area contributed by atoms with Crippen molar-refractivity contribution in [1.29, 1.82) is 5.26 Å². The fourth-order valence-corrected chi connectivity index (χ4v) is 6.10. The van der Waals surface area contributed by atoms with Crippen molar-refractivity contribution in [2.24, 2.45) is 5.92 Å². The molecule has 57 heavy (non-hydrogen) atoms. The third-order valence-corrected chi connectivity index (χ3v) is 9.67. The van der Waals surface area contributed by atoms with E-state index in [2.05, 4.69) is 16.0 Å². The lowest BCUT2D eigenvalue weighted by Gasteiger charge is -2.15. The van der Waals surface area contributed by atoms with E-state index >= 15 is 0 Å². The zero-order valence-corrected chi connectivity index (χ0v) is 31.7. The molecule has 5 aromatic rings. The van der Waals surface area contributed by atoms with E-state index in [0.717, 1.165) is 11.1 Å². The van der Waals surface area contributed by atoms with Crippen LogP contribution in [0.4, 0.5) is 17.1 Å². The van der Waals surface area contributed by atoms with Gasteiger partial charge in [-0.1, -0.05) is 42.5 Å². The molecule has 0 aromatic heterocycles. The predicted octanol–water partition coefficient (Wildman–Crippen LogP) is 7.72. The van der Waals surface area contributed by atoms with E-state index in [-0.39, 0.29) is 70.5 Å². The predicted molar refractivity (Wildman–Crippen MR) is 216 cm³/mol. The van der Waals surface area contributed by atoms with Crippen LogP contribution in [-0.2, 0) is 22.4 Å². The number of rotatable bonds is 15. The molecular formula is C45H42N4O8. The van der Waals surface area contributed by atoms with Gasteiger partial charge >= 0.3 is 0 Å². The molecule has 5 aromatic carbocycles. The van der Waals surface area contributed by atoms with E-state index in [1.807, 2.05) is 6.07 Å². The Balaban J connectivity index is 1.14. The number of phenols is 3. The molecule has 0 saturated carbocycles. The Morgan fingerprint density at radius 1 is 0.649 bits per heavy atom. The van der Waals surface area contributed by atoms with Gasteiger partial charge in [0, 0.05) is 65.0 Å². The van der Waals surface area contributed by atoms with Crippen LogP contribution in [0, 0.1) is 38.0 Å². The van der Waals surface area contributed by atoms with Crippen LogP contribution in [0.3, 0.4) is 0 Å². The monoisotopic (exact) mass is 766 g/mol. The number of carbonyl (C=O) groups excluding carboxylic acids is 5. The second-order valence-corrected chi connectivity index (χ2v) is 13.8. The van der Waals surface area contributed by atoms with Crippen molar-refractivity contribution in [3.8, 4) is 23.3 Å². The number of nitrogens with zero attached hydrogens (tertiary/aromatic N) is 1. The van der Waals surface area contributed by atoms with E-state index < -0.39 is 23.6 Å². The number of carbonyl (C=O) groups is 5. The molecule has 0 aliphatic carbocycles. The first-order chi connectivity index (χ1) is 27.2. The maximum atomic E-state index is 13.2. The van der Waals surface area contributed by atoms with Gasteiger partial charge in [-0.25, -0.2) is 0 Å². The third-order valence-electron chi connectivity index (χ3n) is 9.67. The molecule has 1 atom stereocenters. The summed E-state index contributed by atoms with van der Waals surface area (Å²) in [5, 5.41) is 48.0. The van der Waals surface area contributed by atoms with E-state index in [0.29, 0.717) is 40.9 Å². The Bertz CT molecular complexity index is 2360. The number of nitriles is 1. The number of phenolic OH excluding ortho intramolecular Hbond substituents is 3. The van der Waals surface area contributed by atoms with Crippen LogP contribution in [0.2, 0.25) is 0 Å². The number of aryl methyl sites for hydroxylation is 2. The second-order valence-electron chi connectivity index (χ2n) is 13.8. The summed E-state index contributed by atoms with van der Waals surface area (Å²) in [6.07, 6.45) is 0.664. The smallest absolute Gasteiger partial charge is 0.259 e. The molecule has 0 aliphatic rings. The highest BCUT2D eigenvalue weighted by atomic mass is 16.3. The topological polar surface area (TPSA) is 206 Å². The number of aromatic hydroxyl groups is 3. The molecule has 0 heterocycles. The number of ketones is 2. The number of hydrogen-bond donors (Lipinski definition) is 6. The lowest BCUT2D eigenvalue weighted by atomic mass is 9.94. The molecular weight excluding hydrogens is 725 g/mol. The number of hydrogen-bond acceptors (Lipinski definition) is 9. The largest absolute Gasteiger partial charge is 0.508 e. The minimum Gasteiger partial charge on any atom is -0.508 e. The Labute approximate surface area is 329 Å². The van der Waals surface area contributed by atoms with Crippen molar-refractivity contribution in [1.82, 2.24) is 0 Å². The van der Waals surface area contributed by atoms with Crippen LogP contribution in [0.25, 0.3) is 0 Å². The molecule has 0 spiro atoms. The molecule has 290 valence electrons. The average molecular weight is 767 g/mol. The van der Waals surface area contributed by atoms with Crippen molar-refractivity contribution in [3.05, 3.63) is 142 Å². The summed E-state index contributed by atoms with van der Waals surface area (Å²) in [5.41, 5.74) is 4.63. The molecule has 0 saturated heterocycles. The SMILES string of the molecule is Cc1ccc(NC(=O)c2ccc(NC(=O)c3ccc(NC(=O)C(CC#N)CC(=O)c4ccc(CC(=O)CCc5ccc(O)cc5)cc4)cc3)c(C)c2O)c(C)c1O. The molecule has 0 bridgehead atoms. The van der Waals surface area contributed by atoms with E-state index in [4.69, 9.17) is 0 Å². The van der Waals surface area contributed by atoms with Gasteiger partial charge in [0.2, 0.25) is 5.91 Å². The van der Waals surface area contributed by atoms with Crippen molar-refractivity contribution in [2.75, 3.05) is 16.0 Å². The minimum atomic E-state index is -0.944.